The molecule has 4 heteroatoms. The summed E-state index contributed by atoms with van der Waals surface area (Å²) in [7, 11) is 0. The van der Waals surface area contributed by atoms with Gasteiger partial charge in [0, 0.05) is 12.6 Å². The van der Waals surface area contributed by atoms with Crippen LogP contribution in [-0.4, -0.2) is 28.4 Å². The van der Waals surface area contributed by atoms with Gasteiger partial charge in [0.2, 0.25) is 0 Å². The first-order valence-electron chi connectivity index (χ1n) is 8.31. The number of hydrogen-bond donors (Lipinski definition) is 1. The molecule has 1 amide bonds. The number of hydrogen-bond acceptors (Lipinski definition) is 3. The summed E-state index contributed by atoms with van der Waals surface area (Å²) in [6.07, 6.45) is 5.32. The van der Waals surface area contributed by atoms with Crippen molar-refractivity contribution in [1.29, 1.82) is 0 Å². The lowest BCUT2D eigenvalue weighted by Gasteiger charge is -2.35. The minimum atomic E-state index is 0.00932. The number of aryl methyl sites for hydroxylation is 1. The van der Waals surface area contributed by atoms with Gasteiger partial charge in [0.05, 0.1) is 0 Å². The van der Waals surface area contributed by atoms with Crippen molar-refractivity contribution in [2.24, 2.45) is 0 Å². The number of benzene rings is 1. The number of amides is 1. The number of nitrogen functional groups attached to an aromatic ring is 1. The molecule has 0 aliphatic carbocycles. The van der Waals surface area contributed by atoms with Gasteiger partial charge in [0.15, 0.2) is 0 Å². The average molecular weight is 309 g/mol. The SMILES string of the molecule is Nc1cccc(C(=O)N2CCCC[C@@H]2CCc2ccccc2)n1. The van der Waals surface area contributed by atoms with Crippen molar-refractivity contribution in [3.05, 3.63) is 59.8 Å². The van der Waals surface area contributed by atoms with Gasteiger partial charge in [-0.3, -0.25) is 4.79 Å². The van der Waals surface area contributed by atoms with E-state index < -0.39 is 0 Å². The summed E-state index contributed by atoms with van der Waals surface area (Å²) in [6.45, 7) is 0.814. The maximum absolute atomic E-state index is 12.8. The molecule has 4 nitrogen and oxygen atoms in total. The number of nitrogens with two attached hydrogens (primary N) is 1. The highest BCUT2D eigenvalue weighted by Crippen LogP contribution is 2.23. The lowest BCUT2D eigenvalue weighted by atomic mass is 9.95. The molecule has 0 unspecified atom stereocenters. The predicted molar refractivity (Wildman–Crippen MR) is 92.1 cm³/mol. The Hall–Kier alpha value is -2.36. The Bertz CT molecular complexity index is 657. The second-order valence-corrected chi connectivity index (χ2v) is 6.12. The number of nitrogens with zero attached hydrogens (tertiary/aromatic N) is 2. The summed E-state index contributed by atoms with van der Waals surface area (Å²) >= 11 is 0. The molecule has 1 saturated heterocycles. The Morgan fingerprint density at radius 1 is 1.13 bits per heavy atom. The van der Waals surface area contributed by atoms with Crippen molar-refractivity contribution in [3.8, 4) is 0 Å². The molecule has 1 atom stereocenters. The highest BCUT2D eigenvalue weighted by molar-refractivity contribution is 5.92. The summed E-state index contributed by atoms with van der Waals surface area (Å²) in [4.78, 5) is 19.0. The van der Waals surface area contributed by atoms with Crippen LogP contribution < -0.4 is 5.73 Å². The molecule has 0 spiro atoms. The van der Waals surface area contributed by atoms with E-state index >= 15 is 0 Å². The Morgan fingerprint density at radius 3 is 2.74 bits per heavy atom. The van der Waals surface area contributed by atoms with E-state index in [0.717, 1.165) is 32.2 Å². The van der Waals surface area contributed by atoms with E-state index in [1.165, 1.54) is 12.0 Å². The van der Waals surface area contributed by atoms with Crippen LogP contribution in [0.25, 0.3) is 0 Å². The molecular formula is C19H23N3O. The topological polar surface area (TPSA) is 59.2 Å². The molecule has 1 aromatic carbocycles. The fourth-order valence-corrected chi connectivity index (χ4v) is 3.26. The Balaban J connectivity index is 1.69. The Morgan fingerprint density at radius 2 is 1.96 bits per heavy atom. The number of anilines is 1. The molecule has 1 aliphatic rings. The predicted octanol–water partition coefficient (Wildman–Crippen LogP) is 3.29. The molecule has 0 bridgehead atoms. The lowest BCUT2D eigenvalue weighted by molar-refractivity contribution is 0.0596. The molecule has 1 aromatic heterocycles. The summed E-state index contributed by atoms with van der Waals surface area (Å²) in [6, 6.07) is 16.0. The van der Waals surface area contributed by atoms with Crippen molar-refractivity contribution >= 4 is 11.7 Å². The highest BCUT2D eigenvalue weighted by Gasteiger charge is 2.27. The van der Waals surface area contributed by atoms with Gasteiger partial charge < -0.3 is 10.6 Å². The number of likely N-dealkylation sites (tertiary alicyclic amines) is 1. The third-order valence-electron chi connectivity index (χ3n) is 4.49. The van der Waals surface area contributed by atoms with Gasteiger partial charge >= 0.3 is 0 Å². The molecular weight excluding hydrogens is 286 g/mol. The van der Waals surface area contributed by atoms with Crippen molar-refractivity contribution in [3.63, 3.8) is 0 Å². The Kier molecular flexibility index (Phi) is 4.91. The zero-order chi connectivity index (χ0) is 16.1. The van der Waals surface area contributed by atoms with Crippen molar-refractivity contribution < 1.29 is 4.79 Å². The van der Waals surface area contributed by atoms with Gasteiger partial charge in [-0.05, 0) is 49.8 Å². The monoisotopic (exact) mass is 309 g/mol. The number of carbonyl (C=O) groups is 1. The van der Waals surface area contributed by atoms with Crippen LogP contribution in [0.2, 0.25) is 0 Å². The summed E-state index contributed by atoms with van der Waals surface area (Å²) < 4.78 is 0. The Labute approximate surface area is 137 Å². The summed E-state index contributed by atoms with van der Waals surface area (Å²) in [5.41, 5.74) is 7.50. The molecule has 23 heavy (non-hydrogen) atoms. The van der Waals surface area contributed by atoms with Crippen LogP contribution in [-0.2, 0) is 6.42 Å². The molecule has 0 radical (unpaired) electrons. The van der Waals surface area contributed by atoms with Crippen LogP contribution >= 0.6 is 0 Å². The molecule has 0 saturated carbocycles. The van der Waals surface area contributed by atoms with E-state index in [0.29, 0.717) is 17.6 Å². The van der Waals surface area contributed by atoms with Crippen molar-refractivity contribution in [2.75, 3.05) is 12.3 Å². The smallest absolute Gasteiger partial charge is 0.272 e. The maximum atomic E-state index is 12.8. The van der Waals surface area contributed by atoms with Gasteiger partial charge in [-0.2, -0.15) is 0 Å². The first kappa shape index (κ1) is 15.5. The van der Waals surface area contributed by atoms with Crippen LogP contribution in [0.15, 0.2) is 48.5 Å². The molecule has 2 aromatic rings. The van der Waals surface area contributed by atoms with Crippen molar-refractivity contribution in [2.45, 2.75) is 38.1 Å². The second-order valence-electron chi connectivity index (χ2n) is 6.12. The van der Waals surface area contributed by atoms with Crippen LogP contribution in [0.3, 0.4) is 0 Å². The molecule has 1 fully saturated rings. The fourth-order valence-electron chi connectivity index (χ4n) is 3.26. The van der Waals surface area contributed by atoms with E-state index in [-0.39, 0.29) is 5.91 Å². The van der Waals surface area contributed by atoms with Crippen molar-refractivity contribution in [1.82, 2.24) is 9.88 Å². The van der Waals surface area contributed by atoms with Crippen LogP contribution in [0, 0.1) is 0 Å². The van der Waals surface area contributed by atoms with E-state index in [4.69, 9.17) is 5.73 Å². The van der Waals surface area contributed by atoms with Gasteiger partial charge in [-0.25, -0.2) is 4.98 Å². The molecule has 2 heterocycles. The van der Waals surface area contributed by atoms with Crippen LogP contribution in [0.4, 0.5) is 5.82 Å². The van der Waals surface area contributed by atoms with Gasteiger partial charge in [0.25, 0.3) is 5.91 Å². The van der Waals surface area contributed by atoms with E-state index in [9.17, 15) is 4.79 Å². The number of pyridine rings is 1. The van der Waals surface area contributed by atoms with Crippen LogP contribution in [0.1, 0.15) is 41.7 Å². The quantitative estimate of drug-likeness (QED) is 0.942. The molecule has 2 N–H and O–H groups in total. The maximum Gasteiger partial charge on any atom is 0.272 e. The van der Waals surface area contributed by atoms with Gasteiger partial charge in [0.1, 0.15) is 11.5 Å². The minimum absolute atomic E-state index is 0.00932. The normalized spacial score (nSPS) is 17.9. The third kappa shape index (κ3) is 3.89. The number of carbonyl (C=O) groups excluding carboxylic acids is 1. The molecule has 120 valence electrons. The molecule has 1 aliphatic heterocycles. The summed E-state index contributed by atoms with van der Waals surface area (Å²) in [5.74, 6) is 0.406. The number of piperidine rings is 1. The molecule has 3 rings (SSSR count). The fraction of sp³-hybridized carbons (Fsp3) is 0.368. The van der Waals surface area contributed by atoms with Crippen LogP contribution in [0.5, 0.6) is 0 Å². The number of rotatable bonds is 4. The zero-order valence-corrected chi connectivity index (χ0v) is 13.3. The third-order valence-corrected chi connectivity index (χ3v) is 4.49. The second kappa shape index (κ2) is 7.27. The largest absolute Gasteiger partial charge is 0.384 e. The van der Waals surface area contributed by atoms with E-state index in [1.54, 1.807) is 18.2 Å². The zero-order valence-electron chi connectivity index (χ0n) is 13.3. The summed E-state index contributed by atoms with van der Waals surface area (Å²) in [5, 5.41) is 0. The number of aromatic nitrogens is 1. The average Bonchev–Trinajstić information content (AvgIpc) is 2.60. The highest BCUT2D eigenvalue weighted by atomic mass is 16.2. The first-order valence-corrected chi connectivity index (χ1v) is 8.31. The van der Waals surface area contributed by atoms with Gasteiger partial charge in [-0.1, -0.05) is 36.4 Å². The standard InChI is InChI=1S/C19H23N3O/c20-18-11-6-10-17(21-18)19(23)22-14-5-4-9-16(22)13-12-15-7-2-1-3-8-15/h1-3,6-8,10-11,16H,4-5,9,12-14H2,(H2,20,21)/t16-/m1/s1. The van der Waals surface area contributed by atoms with E-state index in [2.05, 4.69) is 29.2 Å². The van der Waals surface area contributed by atoms with E-state index in [1.807, 2.05) is 11.0 Å². The lowest BCUT2D eigenvalue weighted by Crippen LogP contribution is -2.44. The minimum Gasteiger partial charge on any atom is -0.384 e. The first-order chi connectivity index (χ1) is 11.2. The van der Waals surface area contributed by atoms with Gasteiger partial charge in [-0.15, -0.1) is 0 Å².